The third-order valence-electron chi connectivity index (χ3n) is 3.15. The number of fused-ring (bicyclic) bond motifs is 3. The molecule has 0 aliphatic rings. The summed E-state index contributed by atoms with van der Waals surface area (Å²) < 4.78 is 23.2. The highest BCUT2D eigenvalue weighted by Gasteiger charge is 2.24. The van der Waals surface area contributed by atoms with Gasteiger partial charge < -0.3 is 13.6 Å². The van der Waals surface area contributed by atoms with Crippen LogP contribution in [0.3, 0.4) is 0 Å². The molecule has 1 aromatic carbocycles. The number of nitrogens with zero attached hydrogens (tertiary/aromatic N) is 6. The van der Waals surface area contributed by atoms with Crippen molar-refractivity contribution in [2.45, 2.75) is 20.8 Å². The summed E-state index contributed by atoms with van der Waals surface area (Å²) in [6.07, 6.45) is 0. The summed E-state index contributed by atoms with van der Waals surface area (Å²) in [6.45, 7) is 6.88. The quantitative estimate of drug-likeness (QED) is 0.603. The number of benzene rings is 1. The highest BCUT2D eigenvalue weighted by atomic mass is 31.2. The van der Waals surface area contributed by atoms with E-state index in [4.69, 9.17) is 13.6 Å². The lowest BCUT2D eigenvalue weighted by atomic mass is 10.2. The number of hydrogen-bond donors (Lipinski definition) is 0. The van der Waals surface area contributed by atoms with Gasteiger partial charge in [-0.1, -0.05) is 24.3 Å². The molecule has 0 fully saturated rings. The smallest absolute Gasteiger partial charge is 0.303 e. The van der Waals surface area contributed by atoms with Crippen molar-refractivity contribution in [1.29, 1.82) is 0 Å². The van der Waals surface area contributed by atoms with Crippen LogP contribution in [-0.4, -0.2) is 45.1 Å². The number of tetrazole rings is 1. The zero-order valence-electron chi connectivity index (χ0n) is 13.8. The molecule has 0 atom stereocenters. The Labute approximate surface area is 139 Å². The molecule has 0 saturated heterocycles. The molecule has 0 N–H and O–H groups in total. The van der Waals surface area contributed by atoms with Gasteiger partial charge in [0.1, 0.15) is 0 Å². The first kappa shape index (κ1) is 16.9. The standard InChI is InChI=1S/C14H19N6O3P/c1-4-21-24(22-5-2,23-6-3)17-13-11-9-7-8-10-12(11)14-15-18-19-20(14)16-13/h7-10H,4-6H2,1-3H3. The molecule has 0 aliphatic heterocycles. The van der Waals surface area contributed by atoms with Crippen molar-refractivity contribution in [2.75, 3.05) is 19.8 Å². The van der Waals surface area contributed by atoms with Gasteiger partial charge in [0.15, 0.2) is 5.82 Å². The van der Waals surface area contributed by atoms with Crippen LogP contribution in [0.5, 0.6) is 0 Å². The molecule has 128 valence electrons. The van der Waals surface area contributed by atoms with Crippen molar-refractivity contribution in [2.24, 2.45) is 4.74 Å². The molecule has 0 bridgehead atoms. The zero-order chi connectivity index (χ0) is 17.0. The Bertz CT molecular complexity index is 873. The minimum absolute atomic E-state index is 0.419. The fraction of sp³-hybridized carbons (Fsp3) is 0.429. The monoisotopic (exact) mass is 350 g/mol. The first-order chi connectivity index (χ1) is 11.7. The predicted octanol–water partition coefficient (Wildman–Crippen LogP) is 3.36. The fourth-order valence-electron chi connectivity index (χ4n) is 2.31. The molecule has 0 amide bonds. The van der Waals surface area contributed by atoms with E-state index in [1.54, 1.807) is 0 Å². The van der Waals surface area contributed by atoms with E-state index in [-0.39, 0.29) is 0 Å². The average Bonchev–Trinajstić information content (AvgIpc) is 3.04. The maximum atomic E-state index is 5.76. The van der Waals surface area contributed by atoms with Crippen molar-refractivity contribution in [3.63, 3.8) is 0 Å². The van der Waals surface area contributed by atoms with Gasteiger partial charge in [-0.25, -0.2) is 0 Å². The van der Waals surface area contributed by atoms with Crippen LogP contribution >= 0.6 is 7.74 Å². The first-order valence-corrected chi connectivity index (χ1v) is 9.25. The molecule has 0 saturated carbocycles. The van der Waals surface area contributed by atoms with Gasteiger partial charge in [0.25, 0.3) is 0 Å². The van der Waals surface area contributed by atoms with E-state index in [9.17, 15) is 0 Å². The molecule has 0 spiro atoms. The molecule has 2 heterocycles. The molecule has 3 rings (SSSR count). The summed E-state index contributed by atoms with van der Waals surface area (Å²) in [5.74, 6) is 0.425. The molecule has 24 heavy (non-hydrogen) atoms. The number of aromatic nitrogens is 5. The second-order valence-electron chi connectivity index (χ2n) is 4.68. The maximum absolute atomic E-state index is 5.76. The zero-order valence-corrected chi connectivity index (χ0v) is 14.7. The minimum atomic E-state index is -2.90. The van der Waals surface area contributed by atoms with Crippen LogP contribution < -0.4 is 0 Å². The Morgan fingerprint density at radius 2 is 1.62 bits per heavy atom. The maximum Gasteiger partial charge on any atom is 0.362 e. The summed E-state index contributed by atoms with van der Waals surface area (Å²) in [6, 6.07) is 7.65. The Kier molecular flexibility index (Phi) is 5.15. The van der Waals surface area contributed by atoms with Crippen LogP contribution in [0.1, 0.15) is 20.8 Å². The second kappa shape index (κ2) is 7.31. The molecule has 0 aliphatic carbocycles. The largest absolute Gasteiger partial charge is 0.362 e. The van der Waals surface area contributed by atoms with E-state index in [0.29, 0.717) is 31.3 Å². The Balaban J connectivity index is 2.28. The second-order valence-corrected chi connectivity index (χ2v) is 6.59. The fourth-order valence-corrected chi connectivity index (χ4v) is 4.06. The van der Waals surface area contributed by atoms with E-state index in [1.165, 1.54) is 4.63 Å². The van der Waals surface area contributed by atoms with Crippen molar-refractivity contribution < 1.29 is 13.6 Å². The Morgan fingerprint density at radius 3 is 2.25 bits per heavy atom. The van der Waals surface area contributed by atoms with Gasteiger partial charge in [-0.3, -0.25) is 0 Å². The van der Waals surface area contributed by atoms with Crippen LogP contribution in [0, 0.1) is 0 Å². The van der Waals surface area contributed by atoms with Gasteiger partial charge in [0.2, 0.25) is 5.65 Å². The van der Waals surface area contributed by atoms with Gasteiger partial charge in [-0.2, -0.15) is 4.74 Å². The topological polar surface area (TPSA) is 96.0 Å². The summed E-state index contributed by atoms with van der Waals surface area (Å²) in [5, 5.41) is 17.6. The molecular formula is C14H19N6O3P. The molecule has 2 aromatic heterocycles. The van der Waals surface area contributed by atoms with Crippen LogP contribution in [0.15, 0.2) is 29.0 Å². The minimum Gasteiger partial charge on any atom is -0.303 e. The first-order valence-electron chi connectivity index (χ1n) is 7.76. The van der Waals surface area contributed by atoms with Crippen LogP contribution in [0.4, 0.5) is 5.82 Å². The van der Waals surface area contributed by atoms with Gasteiger partial charge >= 0.3 is 7.74 Å². The van der Waals surface area contributed by atoms with Crippen molar-refractivity contribution in [3.8, 4) is 0 Å². The van der Waals surface area contributed by atoms with Gasteiger partial charge in [0.05, 0.1) is 19.8 Å². The third-order valence-corrected chi connectivity index (χ3v) is 5.33. The lowest BCUT2D eigenvalue weighted by Crippen LogP contribution is -2.02. The van der Waals surface area contributed by atoms with Crippen molar-refractivity contribution in [3.05, 3.63) is 24.3 Å². The molecule has 0 unspecified atom stereocenters. The lowest BCUT2D eigenvalue weighted by Gasteiger charge is -2.21. The van der Waals surface area contributed by atoms with Gasteiger partial charge in [-0.05, 0) is 31.2 Å². The molecule has 10 heteroatoms. The predicted molar refractivity (Wildman–Crippen MR) is 90.0 cm³/mol. The molecule has 0 radical (unpaired) electrons. The van der Waals surface area contributed by atoms with E-state index in [2.05, 4.69) is 25.4 Å². The van der Waals surface area contributed by atoms with Crippen LogP contribution in [-0.2, 0) is 13.6 Å². The SMILES string of the molecule is CCOP(=Nc1nn2nnnc2c2ccccc12)(OCC)OCC. The van der Waals surface area contributed by atoms with E-state index in [1.807, 2.05) is 45.0 Å². The molecule has 9 nitrogen and oxygen atoms in total. The van der Waals surface area contributed by atoms with Gasteiger partial charge in [-0.15, -0.1) is 14.8 Å². The average molecular weight is 350 g/mol. The lowest BCUT2D eigenvalue weighted by molar-refractivity contribution is 0.163. The molecular weight excluding hydrogens is 331 g/mol. The normalized spacial score (nSPS) is 12.1. The highest BCUT2D eigenvalue weighted by Crippen LogP contribution is 2.55. The third kappa shape index (κ3) is 3.16. The Hall–Kier alpha value is -1.93. The summed E-state index contributed by atoms with van der Waals surface area (Å²) in [5.41, 5.74) is 0.567. The highest BCUT2D eigenvalue weighted by molar-refractivity contribution is 7.51. The summed E-state index contributed by atoms with van der Waals surface area (Å²) in [4.78, 5) is 0. The number of hydrogen-bond acceptors (Lipinski definition) is 8. The summed E-state index contributed by atoms with van der Waals surface area (Å²) in [7, 11) is -2.90. The van der Waals surface area contributed by atoms with E-state index >= 15 is 0 Å². The van der Waals surface area contributed by atoms with E-state index in [0.717, 1.165) is 10.8 Å². The van der Waals surface area contributed by atoms with Gasteiger partial charge in [0, 0.05) is 10.8 Å². The van der Waals surface area contributed by atoms with E-state index < -0.39 is 7.74 Å². The van der Waals surface area contributed by atoms with Crippen LogP contribution in [0.2, 0.25) is 0 Å². The summed E-state index contributed by atoms with van der Waals surface area (Å²) >= 11 is 0. The Morgan fingerprint density at radius 1 is 1.00 bits per heavy atom. The molecule has 3 aromatic rings. The van der Waals surface area contributed by atoms with Crippen LogP contribution in [0.25, 0.3) is 16.4 Å². The van der Waals surface area contributed by atoms with Crippen molar-refractivity contribution in [1.82, 2.24) is 25.3 Å². The number of rotatable bonds is 7. The van der Waals surface area contributed by atoms with Crippen molar-refractivity contribution >= 4 is 30.0 Å².